The van der Waals surface area contributed by atoms with Gasteiger partial charge in [-0.2, -0.15) is 0 Å². The van der Waals surface area contributed by atoms with E-state index in [1.54, 1.807) is 11.1 Å². The van der Waals surface area contributed by atoms with Crippen molar-refractivity contribution in [3.05, 3.63) is 59.3 Å². The van der Waals surface area contributed by atoms with Crippen molar-refractivity contribution in [2.45, 2.75) is 19.9 Å². The predicted molar refractivity (Wildman–Crippen MR) is 110 cm³/mol. The minimum Gasteiger partial charge on any atom is -0.450 e. The maximum Gasteiger partial charge on any atom is 0.409 e. The van der Waals surface area contributed by atoms with Crippen molar-refractivity contribution in [1.29, 1.82) is 0 Å². The van der Waals surface area contributed by atoms with E-state index in [1.807, 2.05) is 36.1 Å². The fourth-order valence-electron chi connectivity index (χ4n) is 3.88. The van der Waals surface area contributed by atoms with E-state index in [2.05, 4.69) is 22.0 Å². The molecular weight excluding hydrogens is 368 g/mol. The first-order chi connectivity index (χ1) is 14.2. The number of amides is 2. The molecular formula is C22H26N4O3. The van der Waals surface area contributed by atoms with Crippen LogP contribution >= 0.6 is 0 Å². The number of pyridine rings is 1. The molecule has 1 aromatic heterocycles. The molecule has 2 amide bonds. The maximum atomic E-state index is 12.9. The lowest BCUT2D eigenvalue weighted by atomic mass is 9.99. The van der Waals surface area contributed by atoms with E-state index in [0.29, 0.717) is 44.9 Å². The van der Waals surface area contributed by atoms with Crippen LogP contribution in [0.5, 0.6) is 0 Å². The molecule has 7 nitrogen and oxygen atoms in total. The molecule has 4 rings (SSSR count). The van der Waals surface area contributed by atoms with Crippen LogP contribution in [-0.4, -0.2) is 66.1 Å². The van der Waals surface area contributed by atoms with E-state index < -0.39 is 0 Å². The molecule has 2 aliphatic heterocycles. The van der Waals surface area contributed by atoms with Gasteiger partial charge in [-0.1, -0.05) is 24.3 Å². The number of hydrogen-bond acceptors (Lipinski definition) is 5. The van der Waals surface area contributed by atoms with Crippen LogP contribution < -0.4 is 4.90 Å². The summed E-state index contributed by atoms with van der Waals surface area (Å²) in [6.07, 6.45) is 2.29. The minimum absolute atomic E-state index is 0.0192. The molecule has 0 unspecified atom stereocenters. The molecule has 0 atom stereocenters. The Kier molecular flexibility index (Phi) is 5.64. The van der Waals surface area contributed by atoms with E-state index in [1.165, 1.54) is 11.1 Å². The predicted octanol–water partition coefficient (Wildman–Crippen LogP) is 2.56. The first kappa shape index (κ1) is 19.2. The second-order valence-electron chi connectivity index (χ2n) is 7.32. The summed E-state index contributed by atoms with van der Waals surface area (Å²) >= 11 is 0. The molecule has 2 aromatic rings. The highest BCUT2D eigenvalue weighted by Crippen LogP contribution is 2.21. The first-order valence-corrected chi connectivity index (χ1v) is 10.1. The van der Waals surface area contributed by atoms with Gasteiger partial charge in [0.05, 0.1) is 12.2 Å². The Balaban J connectivity index is 1.36. The third kappa shape index (κ3) is 4.18. The van der Waals surface area contributed by atoms with Gasteiger partial charge in [-0.3, -0.25) is 4.79 Å². The third-order valence-electron chi connectivity index (χ3n) is 5.54. The second kappa shape index (κ2) is 8.51. The SMILES string of the molecule is CCOC(=O)N1CCN(c2ccc(C(=O)N3CCc4ccccc4C3)cn2)CC1. The highest BCUT2D eigenvalue weighted by Gasteiger charge is 2.24. The van der Waals surface area contributed by atoms with Crippen molar-refractivity contribution in [1.82, 2.24) is 14.8 Å². The molecule has 1 saturated heterocycles. The van der Waals surface area contributed by atoms with Crippen LogP contribution in [0.25, 0.3) is 0 Å². The summed E-state index contributed by atoms with van der Waals surface area (Å²) < 4.78 is 5.05. The van der Waals surface area contributed by atoms with Crippen LogP contribution in [0.2, 0.25) is 0 Å². The number of carbonyl (C=O) groups is 2. The van der Waals surface area contributed by atoms with Gasteiger partial charge in [-0.05, 0) is 36.6 Å². The number of piperazine rings is 1. The highest BCUT2D eigenvalue weighted by atomic mass is 16.6. The standard InChI is InChI=1S/C22H26N4O3/c1-2-29-22(28)25-13-11-24(12-14-25)20-8-7-18(15-23-20)21(27)26-10-9-17-5-3-4-6-19(17)16-26/h3-8,15H,2,9-14,16H2,1H3. The molecule has 0 radical (unpaired) electrons. The topological polar surface area (TPSA) is 66.0 Å². The quantitative estimate of drug-likeness (QED) is 0.801. The van der Waals surface area contributed by atoms with E-state index in [9.17, 15) is 9.59 Å². The van der Waals surface area contributed by atoms with Gasteiger partial charge in [-0.15, -0.1) is 0 Å². The number of fused-ring (bicyclic) bond motifs is 1. The van der Waals surface area contributed by atoms with Gasteiger partial charge in [0.25, 0.3) is 5.91 Å². The third-order valence-corrected chi connectivity index (χ3v) is 5.54. The average molecular weight is 394 g/mol. The lowest BCUT2D eigenvalue weighted by Gasteiger charge is -2.34. The number of ether oxygens (including phenoxy) is 1. The number of nitrogens with zero attached hydrogens (tertiary/aromatic N) is 4. The van der Waals surface area contributed by atoms with Crippen LogP contribution in [-0.2, 0) is 17.7 Å². The zero-order valence-corrected chi connectivity index (χ0v) is 16.7. The zero-order valence-electron chi connectivity index (χ0n) is 16.7. The number of hydrogen-bond donors (Lipinski definition) is 0. The van der Waals surface area contributed by atoms with Gasteiger partial charge < -0.3 is 19.4 Å². The van der Waals surface area contributed by atoms with Crippen molar-refractivity contribution in [3.8, 4) is 0 Å². The van der Waals surface area contributed by atoms with Gasteiger partial charge in [-0.25, -0.2) is 9.78 Å². The molecule has 7 heteroatoms. The summed E-state index contributed by atoms with van der Waals surface area (Å²) in [5.41, 5.74) is 3.15. The maximum absolute atomic E-state index is 12.9. The van der Waals surface area contributed by atoms with Gasteiger partial charge in [0.2, 0.25) is 0 Å². The Bertz CT molecular complexity index is 876. The van der Waals surface area contributed by atoms with Crippen LogP contribution in [0.4, 0.5) is 10.6 Å². The molecule has 0 saturated carbocycles. The van der Waals surface area contributed by atoms with Crippen molar-refractivity contribution >= 4 is 17.8 Å². The molecule has 1 fully saturated rings. The molecule has 0 bridgehead atoms. The summed E-state index contributed by atoms with van der Waals surface area (Å²) in [6.45, 7) is 6.18. The van der Waals surface area contributed by atoms with E-state index >= 15 is 0 Å². The van der Waals surface area contributed by atoms with Crippen molar-refractivity contribution in [2.75, 3.05) is 44.2 Å². The van der Waals surface area contributed by atoms with Gasteiger partial charge in [0, 0.05) is 45.5 Å². The number of aromatic nitrogens is 1. The van der Waals surface area contributed by atoms with Gasteiger partial charge >= 0.3 is 6.09 Å². The van der Waals surface area contributed by atoms with E-state index in [4.69, 9.17) is 4.74 Å². The fraction of sp³-hybridized carbons (Fsp3) is 0.409. The Morgan fingerprint density at radius 3 is 2.41 bits per heavy atom. The molecule has 0 N–H and O–H groups in total. The molecule has 0 spiro atoms. The smallest absolute Gasteiger partial charge is 0.409 e. The Hall–Kier alpha value is -3.09. The van der Waals surface area contributed by atoms with Crippen LogP contribution in [0.1, 0.15) is 28.4 Å². The zero-order chi connectivity index (χ0) is 20.2. The molecule has 152 valence electrons. The first-order valence-electron chi connectivity index (χ1n) is 10.1. The summed E-state index contributed by atoms with van der Waals surface area (Å²) in [4.78, 5) is 34.9. The summed E-state index contributed by atoms with van der Waals surface area (Å²) in [7, 11) is 0. The Morgan fingerprint density at radius 1 is 0.966 bits per heavy atom. The molecule has 0 aliphatic carbocycles. The Labute approximate surface area is 170 Å². The summed E-state index contributed by atoms with van der Waals surface area (Å²) in [6, 6.07) is 12.0. The number of anilines is 1. The van der Waals surface area contributed by atoms with Crippen LogP contribution in [0.15, 0.2) is 42.6 Å². The van der Waals surface area contributed by atoms with Crippen molar-refractivity contribution in [2.24, 2.45) is 0 Å². The molecule has 29 heavy (non-hydrogen) atoms. The summed E-state index contributed by atoms with van der Waals surface area (Å²) in [5.74, 6) is 0.847. The number of carbonyl (C=O) groups excluding carboxylic acids is 2. The second-order valence-corrected chi connectivity index (χ2v) is 7.32. The average Bonchev–Trinajstić information content (AvgIpc) is 2.78. The highest BCUT2D eigenvalue weighted by molar-refractivity contribution is 5.94. The number of benzene rings is 1. The van der Waals surface area contributed by atoms with Gasteiger partial charge in [0.15, 0.2) is 0 Å². The lowest BCUT2D eigenvalue weighted by Crippen LogP contribution is -2.49. The monoisotopic (exact) mass is 394 g/mol. The number of rotatable bonds is 3. The molecule has 2 aliphatic rings. The molecule has 3 heterocycles. The normalized spacial score (nSPS) is 16.4. The van der Waals surface area contributed by atoms with Gasteiger partial charge in [0.1, 0.15) is 5.82 Å². The minimum atomic E-state index is -0.260. The van der Waals surface area contributed by atoms with Crippen LogP contribution in [0.3, 0.4) is 0 Å². The van der Waals surface area contributed by atoms with Crippen molar-refractivity contribution < 1.29 is 14.3 Å². The summed E-state index contributed by atoms with van der Waals surface area (Å²) in [5, 5.41) is 0. The Morgan fingerprint density at radius 2 is 1.72 bits per heavy atom. The largest absolute Gasteiger partial charge is 0.450 e. The van der Waals surface area contributed by atoms with E-state index in [-0.39, 0.29) is 12.0 Å². The van der Waals surface area contributed by atoms with E-state index in [0.717, 1.165) is 18.8 Å². The van der Waals surface area contributed by atoms with Crippen molar-refractivity contribution in [3.63, 3.8) is 0 Å². The lowest BCUT2D eigenvalue weighted by molar-refractivity contribution is 0.0734. The molecule has 1 aromatic carbocycles. The van der Waals surface area contributed by atoms with Crippen LogP contribution in [0, 0.1) is 0 Å². The fourth-order valence-corrected chi connectivity index (χ4v) is 3.88.